The van der Waals surface area contributed by atoms with Gasteiger partial charge >= 0.3 is 0 Å². The fraction of sp³-hybridized carbons (Fsp3) is 0.444. The highest BCUT2D eigenvalue weighted by Crippen LogP contribution is 2.29. The third-order valence-electron chi connectivity index (χ3n) is 4.44. The van der Waals surface area contributed by atoms with Gasteiger partial charge in [-0.25, -0.2) is 0 Å². The van der Waals surface area contributed by atoms with Crippen LogP contribution in [0.3, 0.4) is 0 Å². The first-order valence-corrected chi connectivity index (χ1v) is 10.8. The van der Waals surface area contributed by atoms with E-state index in [4.69, 9.17) is 15.2 Å². The Hall–Kier alpha value is -2.53. The van der Waals surface area contributed by atoms with E-state index in [1.165, 1.54) is 23.1 Å². The fourth-order valence-corrected chi connectivity index (χ4v) is 4.58. The largest absolute Gasteiger partial charge is 0.493 e. The van der Waals surface area contributed by atoms with Gasteiger partial charge in [-0.3, -0.25) is 9.59 Å². The molecule has 11 heteroatoms. The minimum Gasteiger partial charge on any atom is -0.493 e. The van der Waals surface area contributed by atoms with Crippen molar-refractivity contribution in [2.75, 3.05) is 51.1 Å². The van der Waals surface area contributed by atoms with Crippen LogP contribution in [0, 0.1) is 0 Å². The van der Waals surface area contributed by atoms with Crippen LogP contribution in [0.1, 0.15) is 5.56 Å². The van der Waals surface area contributed by atoms with Crippen molar-refractivity contribution >= 4 is 40.0 Å². The maximum absolute atomic E-state index is 12.7. The molecule has 2 amide bonds. The molecule has 1 aromatic carbocycles. The van der Waals surface area contributed by atoms with Gasteiger partial charge in [0.2, 0.25) is 16.9 Å². The molecule has 3 rings (SSSR count). The highest BCUT2D eigenvalue weighted by atomic mass is 32.2. The van der Waals surface area contributed by atoms with E-state index >= 15 is 0 Å². The van der Waals surface area contributed by atoms with Crippen molar-refractivity contribution in [1.82, 2.24) is 15.1 Å². The number of hydrogen-bond donors (Lipinski definition) is 1. The number of piperazine rings is 1. The van der Waals surface area contributed by atoms with Crippen LogP contribution in [0.25, 0.3) is 0 Å². The summed E-state index contributed by atoms with van der Waals surface area (Å²) in [7, 11) is 3.16. The molecule has 0 unspecified atom stereocenters. The normalized spacial score (nSPS) is 14.0. The van der Waals surface area contributed by atoms with Gasteiger partial charge in [0.15, 0.2) is 15.8 Å². The van der Waals surface area contributed by atoms with Gasteiger partial charge in [-0.15, -0.1) is 10.2 Å². The summed E-state index contributed by atoms with van der Waals surface area (Å²) in [6, 6.07) is 5.52. The molecule has 1 saturated heterocycles. The molecule has 0 saturated carbocycles. The lowest BCUT2D eigenvalue weighted by atomic mass is 10.1. The lowest BCUT2D eigenvalue weighted by molar-refractivity contribution is -0.130. The Labute approximate surface area is 177 Å². The lowest BCUT2D eigenvalue weighted by Crippen LogP contribution is -2.49. The average molecular weight is 438 g/mol. The maximum Gasteiger partial charge on any atom is 0.227 e. The summed E-state index contributed by atoms with van der Waals surface area (Å²) in [6.07, 6.45) is 0.313. The Kier molecular flexibility index (Phi) is 7.15. The van der Waals surface area contributed by atoms with E-state index in [0.717, 1.165) is 10.7 Å². The van der Waals surface area contributed by atoms with E-state index in [1.807, 2.05) is 23.1 Å². The van der Waals surface area contributed by atoms with E-state index in [-0.39, 0.29) is 17.6 Å². The van der Waals surface area contributed by atoms with Crippen molar-refractivity contribution in [3.05, 3.63) is 23.8 Å². The van der Waals surface area contributed by atoms with Gasteiger partial charge in [-0.05, 0) is 17.7 Å². The van der Waals surface area contributed by atoms with E-state index in [2.05, 4.69) is 15.1 Å². The van der Waals surface area contributed by atoms with Gasteiger partial charge in [0.25, 0.3) is 0 Å². The molecule has 2 N–H and O–H groups in total. The second kappa shape index (κ2) is 9.79. The quantitative estimate of drug-likeness (QED) is 0.610. The first kappa shape index (κ1) is 21.2. The monoisotopic (exact) mass is 437 g/mol. The molecule has 1 aromatic heterocycles. The number of benzene rings is 1. The lowest BCUT2D eigenvalue weighted by Gasteiger charge is -2.34. The standard InChI is InChI=1S/C18H23N5O4S2/c1-26-13-4-3-12(9-14(13)27-2)10-16(25)22-5-7-23(8-6-22)17-20-21-18(29-17)28-11-15(19)24/h3-4,9H,5-8,10-11H2,1-2H3,(H2,19,24). The Bertz CT molecular complexity index is 868. The van der Waals surface area contributed by atoms with Gasteiger partial charge in [-0.2, -0.15) is 0 Å². The number of ether oxygens (including phenoxy) is 2. The fourth-order valence-electron chi connectivity index (χ4n) is 2.95. The number of hydrogen-bond acceptors (Lipinski definition) is 9. The van der Waals surface area contributed by atoms with Gasteiger partial charge in [0, 0.05) is 26.2 Å². The van der Waals surface area contributed by atoms with Gasteiger partial charge in [0.05, 0.1) is 26.4 Å². The summed E-state index contributed by atoms with van der Waals surface area (Å²) in [6.45, 7) is 2.62. The number of nitrogens with two attached hydrogens (primary N) is 1. The van der Waals surface area contributed by atoms with Crippen molar-refractivity contribution in [2.24, 2.45) is 5.73 Å². The van der Waals surface area contributed by atoms with Crippen LogP contribution >= 0.6 is 23.1 Å². The molecule has 2 aromatic rings. The molecule has 0 spiro atoms. The zero-order chi connectivity index (χ0) is 20.8. The van der Waals surface area contributed by atoms with E-state index in [0.29, 0.717) is 48.4 Å². The molecule has 9 nitrogen and oxygen atoms in total. The highest BCUT2D eigenvalue weighted by Gasteiger charge is 2.24. The molecule has 156 valence electrons. The first-order valence-electron chi connectivity index (χ1n) is 8.98. The number of primary amides is 1. The predicted molar refractivity (Wildman–Crippen MR) is 112 cm³/mol. The van der Waals surface area contributed by atoms with Crippen LogP contribution in [0.2, 0.25) is 0 Å². The molecule has 29 heavy (non-hydrogen) atoms. The zero-order valence-corrected chi connectivity index (χ0v) is 17.9. The smallest absolute Gasteiger partial charge is 0.227 e. The van der Waals surface area contributed by atoms with Gasteiger partial charge < -0.3 is 25.0 Å². The number of carbonyl (C=O) groups excluding carboxylic acids is 2. The average Bonchev–Trinajstić information content (AvgIpc) is 3.21. The maximum atomic E-state index is 12.7. The Morgan fingerprint density at radius 3 is 2.52 bits per heavy atom. The molecule has 0 radical (unpaired) electrons. The summed E-state index contributed by atoms with van der Waals surface area (Å²) in [5, 5.41) is 9.06. The second-order valence-electron chi connectivity index (χ2n) is 6.34. The number of amides is 2. The van der Waals surface area contributed by atoms with E-state index < -0.39 is 0 Å². The van der Waals surface area contributed by atoms with Crippen molar-refractivity contribution in [3.63, 3.8) is 0 Å². The van der Waals surface area contributed by atoms with Crippen LogP contribution in [-0.2, 0) is 16.0 Å². The summed E-state index contributed by atoms with van der Waals surface area (Å²) >= 11 is 2.72. The molecular weight excluding hydrogens is 414 g/mol. The molecule has 0 atom stereocenters. The summed E-state index contributed by atoms with van der Waals surface area (Å²) in [5.74, 6) is 1.14. The van der Waals surface area contributed by atoms with Crippen LogP contribution in [0.4, 0.5) is 5.13 Å². The topological polar surface area (TPSA) is 111 Å². The van der Waals surface area contributed by atoms with Gasteiger partial charge in [-0.1, -0.05) is 29.2 Å². The van der Waals surface area contributed by atoms with E-state index in [1.54, 1.807) is 14.2 Å². The number of anilines is 1. The van der Waals surface area contributed by atoms with Crippen molar-refractivity contribution < 1.29 is 19.1 Å². The minimum absolute atomic E-state index is 0.0758. The number of rotatable bonds is 8. The summed E-state index contributed by atoms with van der Waals surface area (Å²) in [4.78, 5) is 27.5. The molecule has 0 aliphatic carbocycles. The van der Waals surface area contributed by atoms with Crippen LogP contribution in [0.5, 0.6) is 11.5 Å². The molecule has 1 fully saturated rings. The SMILES string of the molecule is COc1ccc(CC(=O)N2CCN(c3nnc(SCC(N)=O)s3)CC2)cc1OC. The Balaban J connectivity index is 1.52. The van der Waals surface area contributed by atoms with Crippen molar-refractivity contribution in [3.8, 4) is 11.5 Å². The third kappa shape index (κ3) is 5.51. The Morgan fingerprint density at radius 2 is 1.86 bits per heavy atom. The highest BCUT2D eigenvalue weighted by molar-refractivity contribution is 8.01. The number of carbonyl (C=O) groups is 2. The van der Waals surface area contributed by atoms with E-state index in [9.17, 15) is 9.59 Å². The summed E-state index contributed by atoms with van der Waals surface area (Å²) < 4.78 is 11.3. The van der Waals surface area contributed by atoms with Crippen molar-refractivity contribution in [2.45, 2.75) is 10.8 Å². The first-order chi connectivity index (χ1) is 14.0. The van der Waals surface area contributed by atoms with Crippen molar-refractivity contribution in [1.29, 1.82) is 0 Å². The molecule has 1 aliphatic heterocycles. The molecule has 2 heterocycles. The van der Waals surface area contributed by atoms with Crippen LogP contribution in [0.15, 0.2) is 22.5 Å². The minimum atomic E-state index is -0.381. The number of aromatic nitrogens is 2. The molecule has 1 aliphatic rings. The van der Waals surface area contributed by atoms with Crippen LogP contribution < -0.4 is 20.1 Å². The third-order valence-corrected chi connectivity index (χ3v) is 6.58. The molecular formula is C18H23N5O4S2. The van der Waals surface area contributed by atoms with Crippen LogP contribution in [-0.4, -0.2) is 73.1 Å². The summed E-state index contributed by atoms with van der Waals surface area (Å²) in [5.41, 5.74) is 6.04. The zero-order valence-electron chi connectivity index (χ0n) is 16.3. The number of thioether (sulfide) groups is 1. The number of nitrogens with zero attached hydrogens (tertiary/aromatic N) is 4. The Morgan fingerprint density at radius 1 is 1.14 bits per heavy atom. The molecule has 0 bridgehead atoms. The number of methoxy groups -OCH3 is 2. The second-order valence-corrected chi connectivity index (χ2v) is 8.52. The van der Waals surface area contributed by atoms with Gasteiger partial charge in [0.1, 0.15) is 0 Å². The predicted octanol–water partition coefficient (Wildman–Crippen LogP) is 1.02.